The number of fused-ring (bicyclic) bond motifs is 1. The minimum atomic E-state index is 0. The summed E-state index contributed by atoms with van der Waals surface area (Å²) >= 11 is 0. The molecule has 0 amide bonds. The van der Waals surface area contributed by atoms with Gasteiger partial charge >= 0.3 is 0 Å². The molecular formula is C7H14ClN. The van der Waals surface area contributed by atoms with E-state index in [1.54, 1.807) is 0 Å². The Morgan fingerprint density at radius 2 is 2.11 bits per heavy atom. The molecule has 0 aromatic heterocycles. The highest BCUT2D eigenvalue weighted by molar-refractivity contribution is 5.85. The van der Waals surface area contributed by atoms with Crippen molar-refractivity contribution in [3.63, 3.8) is 0 Å². The number of hydrogen-bond donors (Lipinski definition) is 1. The normalized spacial score (nSPS) is 45.7. The first-order chi connectivity index (χ1) is 3.85. The lowest BCUT2D eigenvalue weighted by Gasteiger charge is -2.37. The molecule has 9 heavy (non-hydrogen) atoms. The van der Waals surface area contributed by atoms with Gasteiger partial charge in [-0.15, -0.1) is 12.4 Å². The maximum Gasteiger partial charge on any atom is -0.00203 e. The van der Waals surface area contributed by atoms with Crippen LogP contribution in [-0.2, 0) is 0 Å². The zero-order valence-electron chi connectivity index (χ0n) is 5.60. The molecule has 3 fully saturated rings. The SMILES string of the molecule is Cl.NCC12CCC(C1)C2. The van der Waals surface area contributed by atoms with Gasteiger partial charge in [-0.2, -0.15) is 0 Å². The molecular weight excluding hydrogens is 134 g/mol. The van der Waals surface area contributed by atoms with Crippen molar-refractivity contribution in [3.05, 3.63) is 0 Å². The third-order valence-electron chi connectivity index (χ3n) is 2.96. The Kier molecular flexibility index (Phi) is 1.75. The van der Waals surface area contributed by atoms with Gasteiger partial charge in [0.15, 0.2) is 0 Å². The highest BCUT2D eigenvalue weighted by Gasteiger charge is 2.48. The van der Waals surface area contributed by atoms with Crippen molar-refractivity contribution in [1.82, 2.24) is 0 Å². The fraction of sp³-hybridized carbons (Fsp3) is 1.00. The van der Waals surface area contributed by atoms with E-state index in [9.17, 15) is 0 Å². The van der Waals surface area contributed by atoms with Crippen molar-refractivity contribution in [2.45, 2.75) is 25.7 Å². The van der Waals surface area contributed by atoms with Crippen LogP contribution in [0.4, 0.5) is 0 Å². The van der Waals surface area contributed by atoms with Gasteiger partial charge in [0.2, 0.25) is 0 Å². The van der Waals surface area contributed by atoms with Crippen molar-refractivity contribution >= 4 is 12.4 Å². The van der Waals surface area contributed by atoms with Crippen LogP contribution < -0.4 is 5.73 Å². The summed E-state index contributed by atoms with van der Waals surface area (Å²) in [6, 6.07) is 0. The van der Waals surface area contributed by atoms with Gasteiger partial charge in [-0.3, -0.25) is 0 Å². The zero-order valence-corrected chi connectivity index (χ0v) is 6.41. The van der Waals surface area contributed by atoms with Crippen molar-refractivity contribution in [2.24, 2.45) is 17.1 Å². The first-order valence-electron chi connectivity index (χ1n) is 3.55. The average Bonchev–Trinajstić information content (AvgIpc) is 2.17. The summed E-state index contributed by atoms with van der Waals surface area (Å²) in [6.45, 7) is 0.948. The van der Waals surface area contributed by atoms with Crippen LogP contribution >= 0.6 is 12.4 Å². The Balaban J connectivity index is 0.000000405. The molecule has 2 N–H and O–H groups in total. The lowest BCUT2D eigenvalue weighted by atomic mass is 9.70. The summed E-state index contributed by atoms with van der Waals surface area (Å²) in [5.41, 5.74) is 6.26. The molecule has 0 heterocycles. The predicted octanol–water partition coefficient (Wildman–Crippen LogP) is 1.56. The molecule has 3 saturated carbocycles. The van der Waals surface area contributed by atoms with E-state index in [0.29, 0.717) is 5.41 Å². The first kappa shape index (κ1) is 7.36. The van der Waals surface area contributed by atoms with Crippen LogP contribution in [0.1, 0.15) is 25.7 Å². The molecule has 3 rings (SSSR count). The second-order valence-electron chi connectivity index (χ2n) is 3.52. The van der Waals surface area contributed by atoms with Crippen LogP contribution in [0.2, 0.25) is 0 Å². The van der Waals surface area contributed by atoms with Gasteiger partial charge in [0.1, 0.15) is 0 Å². The quantitative estimate of drug-likeness (QED) is 0.599. The predicted molar refractivity (Wildman–Crippen MR) is 40.7 cm³/mol. The van der Waals surface area contributed by atoms with Crippen LogP contribution in [0.15, 0.2) is 0 Å². The van der Waals surface area contributed by atoms with Gasteiger partial charge in [0.25, 0.3) is 0 Å². The smallest absolute Gasteiger partial charge is 0.00203 e. The lowest BCUT2D eigenvalue weighted by Crippen LogP contribution is -2.35. The van der Waals surface area contributed by atoms with E-state index in [1.165, 1.54) is 25.7 Å². The molecule has 54 valence electrons. The van der Waals surface area contributed by atoms with E-state index in [2.05, 4.69) is 0 Å². The summed E-state index contributed by atoms with van der Waals surface area (Å²) in [7, 11) is 0. The molecule has 1 nitrogen and oxygen atoms in total. The molecule has 0 unspecified atom stereocenters. The van der Waals surface area contributed by atoms with Crippen molar-refractivity contribution < 1.29 is 0 Å². The van der Waals surface area contributed by atoms with E-state index in [4.69, 9.17) is 5.73 Å². The summed E-state index contributed by atoms with van der Waals surface area (Å²) in [5.74, 6) is 1.08. The van der Waals surface area contributed by atoms with E-state index in [0.717, 1.165) is 12.5 Å². The molecule has 3 aliphatic rings. The number of hydrogen-bond acceptors (Lipinski definition) is 1. The molecule has 2 heteroatoms. The standard InChI is InChI=1S/C7H13N.ClH/c8-5-7-2-1-6(3-7)4-7;/h6H,1-5,8H2;1H. The molecule has 0 aromatic carbocycles. The van der Waals surface area contributed by atoms with E-state index in [-0.39, 0.29) is 12.4 Å². The maximum absolute atomic E-state index is 5.61. The summed E-state index contributed by atoms with van der Waals surface area (Å²) in [6.07, 6.45) is 5.79. The van der Waals surface area contributed by atoms with Crippen molar-refractivity contribution in [3.8, 4) is 0 Å². The highest BCUT2D eigenvalue weighted by atomic mass is 35.5. The van der Waals surface area contributed by atoms with E-state index in [1.807, 2.05) is 0 Å². The second kappa shape index (κ2) is 2.14. The Morgan fingerprint density at radius 1 is 1.44 bits per heavy atom. The number of rotatable bonds is 1. The zero-order chi connectivity index (χ0) is 5.61. The Labute approximate surface area is 62.4 Å². The van der Waals surface area contributed by atoms with Crippen LogP contribution in [0.25, 0.3) is 0 Å². The summed E-state index contributed by atoms with van der Waals surface area (Å²) < 4.78 is 0. The van der Waals surface area contributed by atoms with Gasteiger partial charge in [-0.25, -0.2) is 0 Å². The number of nitrogens with two attached hydrogens (primary N) is 1. The molecule has 3 aliphatic carbocycles. The molecule has 2 bridgehead atoms. The van der Waals surface area contributed by atoms with Crippen LogP contribution in [-0.4, -0.2) is 6.54 Å². The molecule has 0 aliphatic heterocycles. The second-order valence-corrected chi connectivity index (χ2v) is 3.52. The van der Waals surface area contributed by atoms with Gasteiger partial charge in [-0.05, 0) is 43.6 Å². The molecule has 0 radical (unpaired) electrons. The highest BCUT2D eigenvalue weighted by Crippen LogP contribution is 2.57. The van der Waals surface area contributed by atoms with Crippen LogP contribution in [0.3, 0.4) is 0 Å². The van der Waals surface area contributed by atoms with Crippen LogP contribution in [0, 0.1) is 11.3 Å². The molecule has 0 saturated heterocycles. The van der Waals surface area contributed by atoms with Gasteiger partial charge in [0, 0.05) is 0 Å². The van der Waals surface area contributed by atoms with E-state index >= 15 is 0 Å². The molecule has 0 aromatic rings. The van der Waals surface area contributed by atoms with Gasteiger partial charge < -0.3 is 5.73 Å². The van der Waals surface area contributed by atoms with Gasteiger partial charge in [-0.1, -0.05) is 0 Å². The Hall–Kier alpha value is 0.250. The maximum atomic E-state index is 5.61. The molecule has 0 atom stereocenters. The van der Waals surface area contributed by atoms with Crippen LogP contribution in [0.5, 0.6) is 0 Å². The monoisotopic (exact) mass is 147 g/mol. The third-order valence-corrected chi connectivity index (χ3v) is 2.96. The number of halogens is 1. The summed E-state index contributed by atoms with van der Waals surface area (Å²) in [4.78, 5) is 0. The average molecular weight is 148 g/mol. The minimum Gasteiger partial charge on any atom is -0.330 e. The minimum absolute atomic E-state index is 0. The fourth-order valence-electron chi connectivity index (χ4n) is 2.35. The van der Waals surface area contributed by atoms with Gasteiger partial charge in [0.05, 0.1) is 0 Å². The van der Waals surface area contributed by atoms with Crippen molar-refractivity contribution in [2.75, 3.05) is 6.54 Å². The fourth-order valence-corrected chi connectivity index (χ4v) is 2.35. The first-order valence-corrected chi connectivity index (χ1v) is 3.55. The summed E-state index contributed by atoms with van der Waals surface area (Å²) in [5, 5.41) is 0. The Bertz CT molecular complexity index is 102. The van der Waals surface area contributed by atoms with Crippen molar-refractivity contribution in [1.29, 1.82) is 0 Å². The van der Waals surface area contributed by atoms with E-state index < -0.39 is 0 Å². The largest absolute Gasteiger partial charge is 0.330 e. The topological polar surface area (TPSA) is 26.0 Å². The molecule has 0 spiro atoms. The third kappa shape index (κ3) is 0.870. The Morgan fingerprint density at radius 3 is 2.33 bits per heavy atom. The lowest BCUT2D eigenvalue weighted by molar-refractivity contribution is 0.155.